The van der Waals surface area contributed by atoms with Crippen molar-refractivity contribution in [2.45, 2.75) is 38.7 Å². The Morgan fingerprint density at radius 2 is 1.76 bits per heavy atom. The van der Waals surface area contributed by atoms with Crippen molar-refractivity contribution in [2.24, 2.45) is 0 Å². The Labute approximate surface area is 145 Å². The van der Waals surface area contributed by atoms with Crippen molar-refractivity contribution in [1.82, 2.24) is 15.1 Å². The number of aromatic nitrogens is 2. The van der Waals surface area contributed by atoms with Gasteiger partial charge in [0.25, 0.3) is 11.5 Å². The van der Waals surface area contributed by atoms with Crippen LogP contribution in [-0.2, 0) is 9.53 Å². The summed E-state index contributed by atoms with van der Waals surface area (Å²) in [5, 5.41) is 6.87. The molecule has 1 unspecified atom stereocenters. The fourth-order valence-electron chi connectivity index (χ4n) is 3.09. The molecule has 1 aromatic heterocycles. The van der Waals surface area contributed by atoms with E-state index >= 15 is 0 Å². The molecule has 2 aromatic rings. The average Bonchev–Trinajstić information content (AvgIpc) is 2.91. The first-order valence-electron chi connectivity index (χ1n) is 8.55. The van der Waals surface area contributed by atoms with Crippen molar-refractivity contribution >= 4 is 22.6 Å². The third kappa shape index (κ3) is 3.70. The van der Waals surface area contributed by atoms with E-state index in [1.165, 1.54) is 0 Å². The molecule has 7 nitrogen and oxygen atoms in total. The van der Waals surface area contributed by atoms with Gasteiger partial charge in [-0.3, -0.25) is 9.59 Å². The highest BCUT2D eigenvalue weighted by molar-refractivity contribution is 6.02. The second kappa shape index (κ2) is 7.46. The number of nitrogens with one attached hydrogen (secondary N) is 1. The van der Waals surface area contributed by atoms with E-state index in [-0.39, 0.29) is 17.2 Å². The highest BCUT2D eigenvalue weighted by Gasteiger charge is 2.26. The summed E-state index contributed by atoms with van der Waals surface area (Å²) in [6.07, 6.45) is 3.28. The first-order chi connectivity index (χ1) is 12.1. The molecule has 0 spiro atoms. The van der Waals surface area contributed by atoms with Crippen LogP contribution in [0.5, 0.6) is 0 Å². The summed E-state index contributed by atoms with van der Waals surface area (Å²) in [6.45, 7) is 2.96. The Bertz CT molecular complexity index is 838. The summed E-state index contributed by atoms with van der Waals surface area (Å²) in [7, 11) is 0. The molecule has 7 heteroatoms. The maximum Gasteiger partial charge on any atom is 0.360 e. The molecule has 132 valence electrons. The number of amides is 1. The van der Waals surface area contributed by atoms with Gasteiger partial charge in [0.15, 0.2) is 11.8 Å². The molecular weight excluding hydrogens is 322 g/mol. The van der Waals surface area contributed by atoms with Crippen LogP contribution in [0.25, 0.3) is 10.8 Å². The molecule has 1 atom stereocenters. The topological polar surface area (TPSA) is 92.4 Å². The number of benzene rings is 1. The van der Waals surface area contributed by atoms with Crippen LogP contribution in [0, 0.1) is 0 Å². The first-order valence-corrected chi connectivity index (χ1v) is 8.55. The van der Waals surface area contributed by atoms with Crippen molar-refractivity contribution in [3.8, 4) is 0 Å². The first kappa shape index (κ1) is 17.1. The van der Waals surface area contributed by atoms with E-state index in [0.29, 0.717) is 23.9 Å². The Morgan fingerprint density at radius 3 is 2.44 bits per heavy atom. The van der Waals surface area contributed by atoms with Gasteiger partial charge >= 0.3 is 5.97 Å². The van der Waals surface area contributed by atoms with Crippen molar-refractivity contribution in [3.63, 3.8) is 0 Å². The number of likely N-dealkylation sites (tertiary alicyclic amines) is 1. The standard InChI is InChI=1S/C18H21N3O4/c1-12(17(23)21-10-6-2-3-7-11-21)25-18(24)15-13-8-4-5-9-14(13)16(22)20-19-15/h4-5,8-9,12H,2-3,6-7,10-11H2,1H3,(H,20,22). The van der Waals surface area contributed by atoms with Crippen molar-refractivity contribution in [3.05, 3.63) is 40.3 Å². The van der Waals surface area contributed by atoms with Crippen molar-refractivity contribution < 1.29 is 14.3 Å². The molecule has 1 saturated heterocycles. The number of ether oxygens (including phenoxy) is 1. The monoisotopic (exact) mass is 343 g/mol. The van der Waals surface area contributed by atoms with E-state index in [0.717, 1.165) is 25.7 Å². The summed E-state index contributed by atoms with van der Waals surface area (Å²) in [5.74, 6) is -0.910. The molecule has 3 rings (SSSR count). The number of carbonyl (C=O) groups is 2. The zero-order valence-electron chi connectivity index (χ0n) is 14.2. The molecule has 1 fully saturated rings. The minimum absolute atomic E-state index is 0.00529. The minimum atomic E-state index is -0.891. The summed E-state index contributed by atoms with van der Waals surface area (Å²) in [6, 6.07) is 6.66. The smallest absolute Gasteiger partial charge is 0.360 e. The normalized spacial score (nSPS) is 16.3. The Balaban J connectivity index is 1.77. The fraction of sp³-hybridized carbons (Fsp3) is 0.444. The van der Waals surface area contributed by atoms with Gasteiger partial charge in [0.05, 0.1) is 5.39 Å². The van der Waals surface area contributed by atoms with Crippen LogP contribution in [0.4, 0.5) is 0 Å². The van der Waals surface area contributed by atoms with Crippen molar-refractivity contribution in [1.29, 1.82) is 0 Å². The molecule has 25 heavy (non-hydrogen) atoms. The van der Waals surface area contributed by atoms with Gasteiger partial charge < -0.3 is 9.64 Å². The van der Waals surface area contributed by atoms with E-state index in [1.807, 2.05) is 0 Å². The maximum absolute atomic E-state index is 12.5. The third-order valence-electron chi connectivity index (χ3n) is 4.44. The lowest BCUT2D eigenvalue weighted by atomic mass is 10.1. The predicted octanol–water partition coefficient (Wildman–Crippen LogP) is 1.87. The third-order valence-corrected chi connectivity index (χ3v) is 4.44. The van der Waals surface area contributed by atoms with Crippen LogP contribution in [0.1, 0.15) is 43.1 Å². The molecule has 1 aliphatic rings. The van der Waals surface area contributed by atoms with Gasteiger partial charge in [0, 0.05) is 18.5 Å². The van der Waals surface area contributed by atoms with Crippen LogP contribution in [0.15, 0.2) is 29.1 Å². The Hall–Kier alpha value is -2.70. The number of esters is 1. The molecule has 1 aromatic carbocycles. The molecule has 0 radical (unpaired) electrons. The molecule has 0 saturated carbocycles. The quantitative estimate of drug-likeness (QED) is 0.859. The number of nitrogens with zero attached hydrogens (tertiary/aromatic N) is 2. The molecule has 0 bridgehead atoms. The van der Waals surface area contributed by atoms with Gasteiger partial charge in [0.1, 0.15) is 0 Å². The summed E-state index contributed by atoms with van der Waals surface area (Å²) < 4.78 is 5.33. The predicted molar refractivity (Wildman–Crippen MR) is 92.3 cm³/mol. The lowest BCUT2D eigenvalue weighted by molar-refractivity contribution is -0.139. The summed E-state index contributed by atoms with van der Waals surface area (Å²) in [4.78, 5) is 38.5. The highest BCUT2D eigenvalue weighted by atomic mass is 16.5. The molecule has 1 amide bonds. The lowest BCUT2D eigenvalue weighted by Crippen LogP contribution is -2.40. The maximum atomic E-state index is 12.5. The van der Waals surface area contributed by atoms with Crippen LogP contribution < -0.4 is 5.56 Å². The summed E-state index contributed by atoms with van der Waals surface area (Å²) >= 11 is 0. The van der Waals surface area contributed by atoms with Gasteiger partial charge in [-0.25, -0.2) is 9.89 Å². The fourth-order valence-corrected chi connectivity index (χ4v) is 3.09. The zero-order valence-corrected chi connectivity index (χ0v) is 14.2. The molecule has 1 aliphatic heterocycles. The second-order valence-electron chi connectivity index (χ2n) is 6.23. The van der Waals surface area contributed by atoms with Gasteiger partial charge in [-0.1, -0.05) is 31.0 Å². The largest absolute Gasteiger partial charge is 0.448 e. The average molecular weight is 343 g/mol. The van der Waals surface area contributed by atoms with Gasteiger partial charge in [0.2, 0.25) is 0 Å². The number of carbonyl (C=O) groups excluding carboxylic acids is 2. The summed E-state index contributed by atoms with van der Waals surface area (Å²) in [5.41, 5.74) is -0.369. The van der Waals surface area contributed by atoms with E-state index in [9.17, 15) is 14.4 Å². The molecule has 1 N–H and O–H groups in total. The van der Waals surface area contributed by atoms with Crippen LogP contribution in [-0.4, -0.2) is 46.2 Å². The van der Waals surface area contributed by atoms with Gasteiger partial charge in [-0.05, 0) is 25.8 Å². The molecular formula is C18H21N3O4. The number of H-pyrrole nitrogens is 1. The van der Waals surface area contributed by atoms with Crippen LogP contribution in [0.2, 0.25) is 0 Å². The minimum Gasteiger partial charge on any atom is -0.448 e. The lowest BCUT2D eigenvalue weighted by Gasteiger charge is -2.23. The Kier molecular flexibility index (Phi) is 5.11. The second-order valence-corrected chi connectivity index (χ2v) is 6.23. The van der Waals surface area contributed by atoms with E-state index in [1.54, 1.807) is 36.1 Å². The van der Waals surface area contributed by atoms with Crippen LogP contribution in [0.3, 0.4) is 0 Å². The van der Waals surface area contributed by atoms with Crippen LogP contribution >= 0.6 is 0 Å². The number of rotatable bonds is 3. The number of aromatic amines is 1. The molecule has 2 heterocycles. The van der Waals surface area contributed by atoms with Gasteiger partial charge in [-0.15, -0.1) is 0 Å². The van der Waals surface area contributed by atoms with Crippen molar-refractivity contribution in [2.75, 3.05) is 13.1 Å². The van der Waals surface area contributed by atoms with E-state index in [2.05, 4.69) is 10.2 Å². The van der Waals surface area contributed by atoms with Gasteiger partial charge in [-0.2, -0.15) is 5.10 Å². The zero-order chi connectivity index (χ0) is 17.8. The van der Waals surface area contributed by atoms with E-state index in [4.69, 9.17) is 4.74 Å². The SMILES string of the molecule is CC(OC(=O)c1n[nH]c(=O)c2ccccc12)C(=O)N1CCCCCC1. The highest BCUT2D eigenvalue weighted by Crippen LogP contribution is 2.16. The Morgan fingerprint density at radius 1 is 1.12 bits per heavy atom. The van der Waals surface area contributed by atoms with E-state index < -0.39 is 12.1 Å². The number of fused-ring (bicyclic) bond motifs is 1. The number of hydrogen-bond acceptors (Lipinski definition) is 5. The molecule has 0 aliphatic carbocycles. The number of hydrogen-bond donors (Lipinski definition) is 1.